The highest BCUT2D eigenvalue weighted by molar-refractivity contribution is 9.10. The molecule has 0 aromatic heterocycles. The van der Waals surface area contributed by atoms with Gasteiger partial charge in [-0.2, -0.15) is 0 Å². The molecule has 0 bridgehead atoms. The van der Waals surface area contributed by atoms with Crippen molar-refractivity contribution in [1.82, 2.24) is 0 Å². The van der Waals surface area contributed by atoms with Crippen LogP contribution in [0.4, 0.5) is 4.39 Å². The SMILES string of the molecule is C=CCCC(C)(O)Cc1cc(Br)ccc1F. The van der Waals surface area contributed by atoms with Crippen molar-refractivity contribution in [2.75, 3.05) is 0 Å². The van der Waals surface area contributed by atoms with Gasteiger partial charge >= 0.3 is 0 Å². The first kappa shape index (κ1) is 13.4. The number of hydrogen-bond donors (Lipinski definition) is 1. The topological polar surface area (TPSA) is 20.2 Å². The lowest BCUT2D eigenvalue weighted by Gasteiger charge is -2.23. The summed E-state index contributed by atoms with van der Waals surface area (Å²) >= 11 is 3.29. The van der Waals surface area contributed by atoms with Gasteiger partial charge < -0.3 is 5.11 Å². The maximum absolute atomic E-state index is 13.5. The molecule has 1 rings (SSSR count). The van der Waals surface area contributed by atoms with Crippen molar-refractivity contribution in [3.63, 3.8) is 0 Å². The fourth-order valence-corrected chi connectivity index (χ4v) is 2.00. The summed E-state index contributed by atoms with van der Waals surface area (Å²) < 4.78 is 14.3. The van der Waals surface area contributed by atoms with Crippen molar-refractivity contribution < 1.29 is 9.50 Å². The zero-order valence-corrected chi connectivity index (χ0v) is 10.9. The first-order valence-corrected chi connectivity index (χ1v) is 6.01. The minimum absolute atomic E-state index is 0.276. The predicted octanol–water partition coefficient (Wildman–Crippen LogP) is 3.85. The Kier molecular flexibility index (Phi) is 4.69. The number of benzene rings is 1. The molecular formula is C13H16BrFO. The zero-order valence-electron chi connectivity index (χ0n) is 9.34. The summed E-state index contributed by atoms with van der Waals surface area (Å²) in [5, 5.41) is 10.1. The quantitative estimate of drug-likeness (QED) is 0.816. The monoisotopic (exact) mass is 286 g/mol. The zero-order chi connectivity index (χ0) is 12.2. The Morgan fingerprint density at radius 3 is 2.88 bits per heavy atom. The molecule has 1 atom stereocenters. The summed E-state index contributed by atoms with van der Waals surface area (Å²) in [4.78, 5) is 0. The fourth-order valence-electron chi connectivity index (χ4n) is 1.59. The molecule has 0 fully saturated rings. The van der Waals surface area contributed by atoms with Crippen LogP contribution in [0.1, 0.15) is 25.3 Å². The predicted molar refractivity (Wildman–Crippen MR) is 67.9 cm³/mol. The molecule has 88 valence electrons. The maximum atomic E-state index is 13.5. The molecule has 1 aromatic carbocycles. The number of aliphatic hydroxyl groups is 1. The molecule has 0 saturated carbocycles. The largest absolute Gasteiger partial charge is 0.390 e. The van der Waals surface area contributed by atoms with Crippen LogP contribution < -0.4 is 0 Å². The minimum Gasteiger partial charge on any atom is -0.390 e. The average Bonchev–Trinajstić information content (AvgIpc) is 2.20. The van der Waals surface area contributed by atoms with Gasteiger partial charge in [-0.25, -0.2) is 4.39 Å². The van der Waals surface area contributed by atoms with Crippen LogP contribution in [-0.2, 0) is 6.42 Å². The van der Waals surface area contributed by atoms with E-state index in [0.717, 1.165) is 10.9 Å². The smallest absolute Gasteiger partial charge is 0.126 e. The number of hydrogen-bond acceptors (Lipinski definition) is 1. The summed E-state index contributed by atoms with van der Waals surface area (Å²) in [5.41, 5.74) is -0.362. The van der Waals surface area contributed by atoms with E-state index in [1.54, 1.807) is 25.1 Å². The molecule has 1 N–H and O–H groups in total. The summed E-state index contributed by atoms with van der Waals surface area (Å²) in [6.45, 7) is 5.33. The molecule has 1 nitrogen and oxygen atoms in total. The summed E-state index contributed by atoms with van der Waals surface area (Å²) in [7, 11) is 0. The van der Waals surface area contributed by atoms with Gasteiger partial charge in [0.05, 0.1) is 5.60 Å². The molecule has 0 aliphatic carbocycles. The maximum Gasteiger partial charge on any atom is 0.126 e. The fraction of sp³-hybridized carbons (Fsp3) is 0.385. The van der Waals surface area contributed by atoms with Crippen LogP contribution in [-0.4, -0.2) is 10.7 Å². The number of allylic oxidation sites excluding steroid dienone is 1. The molecular weight excluding hydrogens is 271 g/mol. The third-order valence-corrected chi connectivity index (χ3v) is 2.96. The highest BCUT2D eigenvalue weighted by Gasteiger charge is 2.21. The van der Waals surface area contributed by atoms with E-state index in [9.17, 15) is 9.50 Å². The molecule has 16 heavy (non-hydrogen) atoms. The van der Waals surface area contributed by atoms with E-state index in [1.807, 2.05) is 0 Å². The molecule has 0 saturated heterocycles. The van der Waals surface area contributed by atoms with Gasteiger partial charge in [0.25, 0.3) is 0 Å². The van der Waals surface area contributed by atoms with Crippen molar-refractivity contribution >= 4 is 15.9 Å². The average molecular weight is 287 g/mol. The van der Waals surface area contributed by atoms with E-state index >= 15 is 0 Å². The standard InChI is InChI=1S/C13H16BrFO/c1-3-4-7-13(2,16)9-10-8-11(14)5-6-12(10)15/h3,5-6,8,16H,1,4,7,9H2,2H3. The second kappa shape index (κ2) is 5.60. The van der Waals surface area contributed by atoms with Crippen LogP contribution in [0.25, 0.3) is 0 Å². The van der Waals surface area contributed by atoms with Crippen LogP contribution in [0.5, 0.6) is 0 Å². The summed E-state index contributed by atoms with van der Waals surface area (Å²) in [6, 6.07) is 4.76. The highest BCUT2D eigenvalue weighted by atomic mass is 79.9. The van der Waals surface area contributed by atoms with Crippen molar-refractivity contribution in [1.29, 1.82) is 0 Å². The molecule has 0 heterocycles. The molecule has 3 heteroatoms. The van der Waals surface area contributed by atoms with E-state index in [2.05, 4.69) is 22.5 Å². The summed E-state index contributed by atoms with van der Waals surface area (Å²) in [6.07, 6.45) is 3.38. The lowest BCUT2D eigenvalue weighted by atomic mass is 9.92. The van der Waals surface area contributed by atoms with Crippen molar-refractivity contribution in [2.24, 2.45) is 0 Å². The van der Waals surface area contributed by atoms with E-state index < -0.39 is 5.60 Å². The van der Waals surface area contributed by atoms with Gasteiger partial charge in [0.1, 0.15) is 5.82 Å². The van der Waals surface area contributed by atoms with Crippen molar-refractivity contribution in [2.45, 2.75) is 31.8 Å². The van der Waals surface area contributed by atoms with E-state index in [0.29, 0.717) is 18.4 Å². The van der Waals surface area contributed by atoms with Crippen molar-refractivity contribution in [3.05, 3.63) is 46.7 Å². The van der Waals surface area contributed by atoms with E-state index in [4.69, 9.17) is 0 Å². The number of rotatable bonds is 5. The molecule has 0 spiro atoms. The molecule has 1 unspecified atom stereocenters. The lowest BCUT2D eigenvalue weighted by Crippen LogP contribution is -2.27. The Hall–Kier alpha value is -0.670. The molecule has 1 aromatic rings. The Balaban J connectivity index is 2.78. The van der Waals surface area contributed by atoms with Gasteiger partial charge in [-0.15, -0.1) is 6.58 Å². The molecule has 0 aliphatic rings. The lowest BCUT2D eigenvalue weighted by molar-refractivity contribution is 0.0514. The Morgan fingerprint density at radius 2 is 2.25 bits per heavy atom. The Bertz CT molecular complexity index is 374. The Morgan fingerprint density at radius 1 is 1.56 bits per heavy atom. The van der Waals surface area contributed by atoms with Crippen LogP contribution in [0.3, 0.4) is 0 Å². The van der Waals surface area contributed by atoms with Gasteiger partial charge in [0, 0.05) is 10.9 Å². The highest BCUT2D eigenvalue weighted by Crippen LogP contribution is 2.23. The molecule has 0 aliphatic heterocycles. The van der Waals surface area contributed by atoms with Crippen LogP contribution in [0.15, 0.2) is 35.3 Å². The second-order valence-electron chi connectivity index (χ2n) is 4.24. The first-order valence-electron chi connectivity index (χ1n) is 5.22. The van der Waals surface area contributed by atoms with Crippen LogP contribution in [0, 0.1) is 5.82 Å². The van der Waals surface area contributed by atoms with Gasteiger partial charge in [-0.3, -0.25) is 0 Å². The molecule has 0 amide bonds. The van der Waals surface area contributed by atoms with E-state index in [1.165, 1.54) is 6.07 Å². The first-order chi connectivity index (χ1) is 7.44. The third-order valence-electron chi connectivity index (χ3n) is 2.47. The second-order valence-corrected chi connectivity index (χ2v) is 5.15. The van der Waals surface area contributed by atoms with Gasteiger partial charge in [0.2, 0.25) is 0 Å². The van der Waals surface area contributed by atoms with Gasteiger partial charge in [0.15, 0.2) is 0 Å². The van der Waals surface area contributed by atoms with Crippen LogP contribution >= 0.6 is 15.9 Å². The van der Waals surface area contributed by atoms with Crippen molar-refractivity contribution in [3.8, 4) is 0 Å². The number of halogens is 2. The van der Waals surface area contributed by atoms with Crippen LogP contribution in [0.2, 0.25) is 0 Å². The molecule has 0 radical (unpaired) electrons. The van der Waals surface area contributed by atoms with Gasteiger partial charge in [-0.1, -0.05) is 22.0 Å². The Labute approximate surface area is 104 Å². The minimum atomic E-state index is -0.893. The normalized spacial score (nSPS) is 14.5. The van der Waals surface area contributed by atoms with E-state index in [-0.39, 0.29) is 5.82 Å². The third kappa shape index (κ3) is 4.06. The summed E-state index contributed by atoms with van der Waals surface area (Å²) in [5.74, 6) is -0.276. The van der Waals surface area contributed by atoms with Gasteiger partial charge in [-0.05, 0) is 43.5 Å².